The molecule has 1 aromatic carbocycles. The minimum absolute atomic E-state index is 0.264. The van der Waals surface area contributed by atoms with Gasteiger partial charge in [0.2, 0.25) is 0 Å². The van der Waals surface area contributed by atoms with Crippen LogP contribution in [0.15, 0.2) is 24.3 Å². The molecule has 0 amide bonds. The van der Waals surface area contributed by atoms with Gasteiger partial charge in [-0.3, -0.25) is 0 Å². The highest BCUT2D eigenvalue weighted by Gasteiger charge is 2.06. The second-order valence-electron chi connectivity index (χ2n) is 3.67. The molecule has 0 saturated heterocycles. The molecule has 5 heteroatoms. The lowest BCUT2D eigenvalue weighted by Crippen LogP contribution is -1.97. The largest absolute Gasteiger partial charge is 0.478 e. The first-order chi connectivity index (χ1) is 8.06. The van der Waals surface area contributed by atoms with Crippen molar-refractivity contribution < 1.29 is 9.90 Å². The predicted octanol–water partition coefficient (Wildman–Crippen LogP) is 3.20. The Morgan fingerprint density at radius 2 is 2.18 bits per heavy atom. The summed E-state index contributed by atoms with van der Waals surface area (Å²) >= 11 is 1.55. The van der Waals surface area contributed by atoms with Crippen molar-refractivity contribution in [2.45, 2.75) is 13.8 Å². The van der Waals surface area contributed by atoms with E-state index in [9.17, 15) is 4.79 Å². The molecule has 88 valence electrons. The van der Waals surface area contributed by atoms with Crippen LogP contribution < -0.4 is 5.32 Å². The van der Waals surface area contributed by atoms with Crippen LogP contribution in [-0.4, -0.2) is 16.1 Å². The molecule has 0 aliphatic rings. The van der Waals surface area contributed by atoms with Gasteiger partial charge in [-0.15, -0.1) is 11.3 Å². The van der Waals surface area contributed by atoms with E-state index in [0.29, 0.717) is 0 Å². The van der Waals surface area contributed by atoms with Crippen molar-refractivity contribution in [1.82, 2.24) is 4.98 Å². The van der Waals surface area contributed by atoms with E-state index in [0.717, 1.165) is 21.4 Å². The van der Waals surface area contributed by atoms with Gasteiger partial charge in [0.1, 0.15) is 0 Å². The molecule has 0 aliphatic carbocycles. The Bertz CT molecular complexity index is 544. The van der Waals surface area contributed by atoms with E-state index in [2.05, 4.69) is 10.3 Å². The Balaban J connectivity index is 2.24. The monoisotopic (exact) mass is 248 g/mol. The van der Waals surface area contributed by atoms with Crippen LogP contribution in [0.1, 0.15) is 20.9 Å². The van der Waals surface area contributed by atoms with Crippen molar-refractivity contribution in [3.63, 3.8) is 0 Å². The molecule has 0 aliphatic heterocycles. The van der Waals surface area contributed by atoms with Crippen LogP contribution in [0.25, 0.3) is 0 Å². The molecule has 0 radical (unpaired) electrons. The third-order valence-corrected chi connectivity index (χ3v) is 3.38. The van der Waals surface area contributed by atoms with Crippen LogP contribution in [-0.2, 0) is 0 Å². The van der Waals surface area contributed by atoms with Gasteiger partial charge in [0.15, 0.2) is 5.13 Å². The second kappa shape index (κ2) is 4.55. The Hall–Kier alpha value is -1.88. The number of carboxylic acid groups (broad SMARTS) is 1. The first kappa shape index (κ1) is 11.6. The zero-order valence-corrected chi connectivity index (χ0v) is 10.3. The first-order valence-electron chi connectivity index (χ1n) is 5.10. The number of hydrogen-bond donors (Lipinski definition) is 2. The van der Waals surface area contributed by atoms with Crippen LogP contribution in [0.5, 0.6) is 0 Å². The average molecular weight is 248 g/mol. The number of aromatic nitrogens is 1. The quantitative estimate of drug-likeness (QED) is 0.875. The molecule has 0 fully saturated rings. The van der Waals surface area contributed by atoms with E-state index in [-0.39, 0.29) is 5.56 Å². The minimum atomic E-state index is -0.930. The van der Waals surface area contributed by atoms with Gasteiger partial charge < -0.3 is 10.4 Å². The van der Waals surface area contributed by atoms with Gasteiger partial charge in [0.25, 0.3) is 0 Å². The molecule has 0 unspecified atom stereocenters. The van der Waals surface area contributed by atoms with Gasteiger partial charge >= 0.3 is 5.97 Å². The fraction of sp³-hybridized carbons (Fsp3) is 0.167. The maximum Gasteiger partial charge on any atom is 0.335 e. The van der Waals surface area contributed by atoms with E-state index in [1.54, 1.807) is 29.5 Å². The average Bonchev–Trinajstić information content (AvgIpc) is 2.58. The zero-order chi connectivity index (χ0) is 12.4. The van der Waals surface area contributed by atoms with Crippen molar-refractivity contribution >= 4 is 28.1 Å². The van der Waals surface area contributed by atoms with Crippen LogP contribution in [0.2, 0.25) is 0 Å². The maximum atomic E-state index is 10.8. The van der Waals surface area contributed by atoms with Crippen molar-refractivity contribution in [3.05, 3.63) is 40.4 Å². The smallest absolute Gasteiger partial charge is 0.335 e. The molecule has 0 saturated carbocycles. The number of carbonyl (C=O) groups is 1. The van der Waals surface area contributed by atoms with Gasteiger partial charge in [-0.1, -0.05) is 6.07 Å². The topological polar surface area (TPSA) is 62.2 Å². The summed E-state index contributed by atoms with van der Waals surface area (Å²) in [7, 11) is 0. The van der Waals surface area contributed by atoms with Crippen molar-refractivity contribution in [2.75, 3.05) is 5.32 Å². The molecule has 0 bridgehead atoms. The molecule has 0 atom stereocenters. The van der Waals surface area contributed by atoms with E-state index in [1.165, 1.54) is 0 Å². The van der Waals surface area contributed by atoms with E-state index in [4.69, 9.17) is 5.11 Å². The Labute approximate surface area is 103 Å². The third-order valence-electron chi connectivity index (χ3n) is 2.39. The van der Waals surface area contributed by atoms with Gasteiger partial charge in [-0.25, -0.2) is 9.78 Å². The summed E-state index contributed by atoms with van der Waals surface area (Å²) in [6.45, 7) is 3.95. The van der Waals surface area contributed by atoms with Gasteiger partial charge in [-0.2, -0.15) is 0 Å². The molecule has 2 N–H and O–H groups in total. The number of thiazole rings is 1. The Kier molecular flexibility index (Phi) is 3.10. The fourth-order valence-electron chi connectivity index (χ4n) is 1.38. The van der Waals surface area contributed by atoms with Crippen molar-refractivity contribution in [1.29, 1.82) is 0 Å². The molecule has 4 nitrogen and oxygen atoms in total. The van der Waals surface area contributed by atoms with Crippen molar-refractivity contribution in [2.24, 2.45) is 0 Å². The van der Waals surface area contributed by atoms with Crippen LogP contribution in [0, 0.1) is 13.8 Å². The lowest BCUT2D eigenvalue weighted by atomic mass is 10.2. The highest BCUT2D eigenvalue weighted by Crippen LogP contribution is 2.25. The van der Waals surface area contributed by atoms with E-state index < -0.39 is 5.97 Å². The number of benzene rings is 1. The Morgan fingerprint density at radius 1 is 1.41 bits per heavy atom. The standard InChI is InChI=1S/C12H12N2O2S/c1-7-8(2)17-12(13-7)14-10-5-3-4-9(6-10)11(15)16/h3-6H,1-2H3,(H,13,14)(H,15,16). The number of aromatic carboxylic acids is 1. The highest BCUT2D eigenvalue weighted by atomic mass is 32.1. The minimum Gasteiger partial charge on any atom is -0.478 e. The molecule has 2 rings (SSSR count). The van der Waals surface area contributed by atoms with Gasteiger partial charge in [-0.05, 0) is 32.0 Å². The van der Waals surface area contributed by atoms with E-state index >= 15 is 0 Å². The van der Waals surface area contributed by atoms with Crippen LogP contribution in [0.3, 0.4) is 0 Å². The second-order valence-corrected chi connectivity index (χ2v) is 4.87. The molecule has 17 heavy (non-hydrogen) atoms. The first-order valence-corrected chi connectivity index (χ1v) is 5.92. The molecule has 2 aromatic rings. The van der Waals surface area contributed by atoms with Crippen molar-refractivity contribution in [3.8, 4) is 0 Å². The normalized spacial score (nSPS) is 10.2. The van der Waals surface area contributed by atoms with E-state index in [1.807, 2.05) is 19.9 Å². The number of rotatable bonds is 3. The number of anilines is 2. The summed E-state index contributed by atoms with van der Waals surface area (Å²) in [6, 6.07) is 6.68. The summed E-state index contributed by atoms with van der Waals surface area (Å²) in [5, 5.41) is 12.8. The molecule has 1 heterocycles. The summed E-state index contributed by atoms with van der Waals surface area (Å²) in [5.74, 6) is -0.930. The van der Waals surface area contributed by atoms with Gasteiger partial charge in [0, 0.05) is 10.6 Å². The highest BCUT2D eigenvalue weighted by molar-refractivity contribution is 7.15. The number of hydrogen-bond acceptors (Lipinski definition) is 4. The Morgan fingerprint density at radius 3 is 2.76 bits per heavy atom. The number of aryl methyl sites for hydroxylation is 2. The number of nitrogens with one attached hydrogen (secondary N) is 1. The SMILES string of the molecule is Cc1nc(Nc2cccc(C(=O)O)c2)sc1C. The number of carboxylic acids is 1. The van der Waals surface area contributed by atoms with Crippen LogP contribution >= 0.6 is 11.3 Å². The maximum absolute atomic E-state index is 10.8. The summed E-state index contributed by atoms with van der Waals surface area (Å²) in [6.07, 6.45) is 0. The summed E-state index contributed by atoms with van der Waals surface area (Å²) < 4.78 is 0. The molecule has 0 spiro atoms. The molecular formula is C12H12N2O2S. The number of nitrogens with zero attached hydrogens (tertiary/aromatic N) is 1. The fourth-order valence-corrected chi connectivity index (χ4v) is 2.21. The third kappa shape index (κ3) is 2.62. The molecular weight excluding hydrogens is 236 g/mol. The lowest BCUT2D eigenvalue weighted by molar-refractivity contribution is 0.0697. The van der Waals surface area contributed by atoms with Crippen LogP contribution in [0.4, 0.5) is 10.8 Å². The van der Waals surface area contributed by atoms with Gasteiger partial charge in [0.05, 0.1) is 11.3 Å². The predicted molar refractivity (Wildman–Crippen MR) is 68.3 cm³/mol. The zero-order valence-electron chi connectivity index (χ0n) is 9.52. The summed E-state index contributed by atoms with van der Waals surface area (Å²) in [4.78, 5) is 16.3. The lowest BCUT2D eigenvalue weighted by Gasteiger charge is -2.03. The molecule has 1 aromatic heterocycles. The summed E-state index contributed by atoms with van der Waals surface area (Å²) in [5.41, 5.74) is 1.99.